The van der Waals surface area contributed by atoms with Crippen LogP contribution in [0.15, 0.2) is 103 Å². The SMILES string of the molecule is CCCCc1ccc2c(c1)c1cc(CCCc3ccc(-c4cccc(-c5ccc(C)cc5)n4)cc3)ccc1n2CC(C)C. The summed E-state index contributed by atoms with van der Waals surface area (Å²) in [6.07, 6.45) is 6.95. The average Bonchev–Trinajstić information content (AvgIpc) is 3.32. The van der Waals surface area contributed by atoms with Crippen molar-refractivity contribution in [3.8, 4) is 22.5 Å². The Morgan fingerprint density at radius 2 is 1.12 bits per heavy atom. The van der Waals surface area contributed by atoms with Gasteiger partial charge in [0.25, 0.3) is 0 Å². The second-order valence-electron chi connectivity index (χ2n) is 12.6. The fraction of sp³-hybridized carbons (Fsp3) is 0.293. The summed E-state index contributed by atoms with van der Waals surface area (Å²) >= 11 is 0. The second-order valence-corrected chi connectivity index (χ2v) is 12.6. The van der Waals surface area contributed by atoms with E-state index in [2.05, 4.69) is 135 Å². The molecule has 0 atom stereocenters. The van der Waals surface area contributed by atoms with Gasteiger partial charge in [-0.2, -0.15) is 0 Å². The molecule has 2 heterocycles. The fourth-order valence-electron chi connectivity index (χ4n) is 6.27. The molecule has 2 aromatic heterocycles. The Labute approximate surface area is 257 Å². The highest BCUT2D eigenvalue weighted by Gasteiger charge is 2.13. The third-order valence-corrected chi connectivity index (χ3v) is 8.64. The van der Waals surface area contributed by atoms with E-state index in [1.54, 1.807) is 0 Å². The van der Waals surface area contributed by atoms with E-state index < -0.39 is 0 Å². The first-order valence-corrected chi connectivity index (χ1v) is 16.2. The number of aryl methyl sites for hydroxylation is 4. The molecule has 0 fully saturated rings. The van der Waals surface area contributed by atoms with Crippen LogP contribution in [0.5, 0.6) is 0 Å². The van der Waals surface area contributed by atoms with Gasteiger partial charge >= 0.3 is 0 Å². The highest BCUT2D eigenvalue weighted by atomic mass is 15.0. The quantitative estimate of drug-likeness (QED) is 0.153. The van der Waals surface area contributed by atoms with E-state index in [0.29, 0.717) is 5.92 Å². The highest BCUT2D eigenvalue weighted by molar-refractivity contribution is 6.08. The van der Waals surface area contributed by atoms with E-state index in [4.69, 9.17) is 4.98 Å². The minimum atomic E-state index is 0.609. The van der Waals surface area contributed by atoms with E-state index in [0.717, 1.165) is 49.2 Å². The highest BCUT2D eigenvalue weighted by Crippen LogP contribution is 2.32. The first-order chi connectivity index (χ1) is 21.0. The maximum absolute atomic E-state index is 4.96. The largest absolute Gasteiger partial charge is 0.340 e. The molecular formula is C41H44N2. The molecule has 0 aliphatic carbocycles. The van der Waals surface area contributed by atoms with Crippen LogP contribution in [0.25, 0.3) is 44.3 Å². The Morgan fingerprint density at radius 1 is 0.605 bits per heavy atom. The van der Waals surface area contributed by atoms with Crippen LogP contribution in [0.1, 0.15) is 62.3 Å². The molecule has 2 heteroatoms. The van der Waals surface area contributed by atoms with Crippen LogP contribution in [0.4, 0.5) is 0 Å². The van der Waals surface area contributed by atoms with Crippen LogP contribution in [0.2, 0.25) is 0 Å². The zero-order chi connectivity index (χ0) is 29.8. The monoisotopic (exact) mass is 564 g/mol. The molecule has 0 radical (unpaired) electrons. The number of unbranched alkanes of at least 4 members (excludes halogenated alkanes) is 1. The molecule has 6 rings (SSSR count). The molecule has 4 aromatic carbocycles. The van der Waals surface area contributed by atoms with Crippen molar-refractivity contribution in [3.05, 3.63) is 125 Å². The summed E-state index contributed by atoms with van der Waals surface area (Å²) in [6.45, 7) is 10.1. The zero-order valence-corrected chi connectivity index (χ0v) is 26.2. The Bertz CT molecular complexity index is 1820. The van der Waals surface area contributed by atoms with Gasteiger partial charge in [0.15, 0.2) is 0 Å². The Balaban J connectivity index is 1.16. The number of nitrogens with zero attached hydrogens (tertiary/aromatic N) is 2. The van der Waals surface area contributed by atoms with Crippen LogP contribution >= 0.6 is 0 Å². The second kappa shape index (κ2) is 13.0. The summed E-state index contributed by atoms with van der Waals surface area (Å²) in [4.78, 5) is 4.96. The van der Waals surface area contributed by atoms with E-state index in [1.165, 1.54) is 62.5 Å². The van der Waals surface area contributed by atoms with Crippen LogP contribution in [0.3, 0.4) is 0 Å². The molecular weight excluding hydrogens is 520 g/mol. The van der Waals surface area contributed by atoms with E-state index in [-0.39, 0.29) is 0 Å². The number of benzene rings is 4. The van der Waals surface area contributed by atoms with Crippen molar-refractivity contribution in [2.24, 2.45) is 5.92 Å². The topological polar surface area (TPSA) is 17.8 Å². The summed E-state index contributed by atoms with van der Waals surface area (Å²) in [6, 6.07) is 38.2. The molecule has 218 valence electrons. The summed E-state index contributed by atoms with van der Waals surface area (Å²) in [5, 5.41) is 2.83. The van der Waals surface area contributed by atoms with Gasteiger partial charge in [-0.05, 0) is 98.0 Å². The first-order valence-electron chi connectivity index (χ1n) is 16.2. The number of aromatic nitrogens is 2. The van der Waals surface area contributed by atoms with Crippen molar-refractivity contribution in [1.82, 2.24) is 9.55 Å². The van der Waals surface area contributed by atoms with E-state index in [9.17, 15) is 0 Å². The van der Waals surface area contributed by atoms with Crippen molar-refractivity contribution >= 4 is 21.8 Å². The Hall–Kier alpha value is -4.17. The summed E-state index contributed by atoms with van der Waals surface area (Å²) < 4.78 is 2.54. The van der Waals surface area contributed by atoms with Gasteiger partial charge in [0.05, 0.1) is 11.4 Å². The van der Waals surface area contributed by atoms with Gasteiger partial charge in [0, 0.05) is 39.5 Å². The van der Waals surface area contributed by atoms with E-state index >= 15 is 0 Å². The molecule has 2 nitrogen and oxygen atoms in total. The van der Waals surface area contributed by atoms with Crippen LogP contribution in [-0.4, -0.2) is 9.55 Å². The normalized spacial score (nSPS) is 11.7. The van der Waals surface area contributed by atoms with Crippen LogP contribution < -0.4 is 0 Å². The number of pyridine rings is 1. The van der Waals surface area contributed by atoms with Crippen molar-refractivity contribution in [2.45, 2.75) is 72.8 Å². The van der Waals surface area contributed by atoms with Crippen molar-refractivity contribution in [3.63, 3.8) is 0 Å². The molecule has 6 aromatic rings. The maximum atomic E-state index is 4.96. The standard InChI is InChI=1S/C41H44N2/c1-5-6-9-32-18-24-40-36(26-32)37-27-33(19-25-41(37)43(40)28-29(2)3)11-7-10-31-16-22-35(23-17-31)39-13-8-12-38(42-39)34-20-14-30(4)15-21-34/h8,12-27,29H,5-7,9-11,28H2,1-4H3. The number of fused-ring (bicyclic) bond motifs is 3. The molecule has 0 saturated heterocycles. The predicted octanol–water partition coefficient (Wildman–Crippen LogP) is 11.0. The van der Waals surface area contributed by atoms with Gasteiger partial charge in [-0.1, -0.05) is 99.5 Å². The Kier molecular flexibility index (Phi) is 8.74. The number of hydrogen-bond donors (Lipinski definition) is 0. The lowest BCUT2D eigenvalue weighted by Gasteiger charge is -2.11. The van der Waals surface area contributed by atoms with Gasteiger partial charge in [-0.25, -0.2) is 4.98 Å². The van der Waals surface area contributed by atoms with Crippen molar-refractivity contribution in [2.75, 3.05) is 0 Å². The maximum Gasteiger partial charge on any atom is 0.0709 e. The van der Waals surface area contributed by atoms with Gasteiger partial charge in [0.2, 0.25) is 0 Å². The molecule has 0 aliphatic rings. The molecule has 0 unspecified atom stereocenters. The van der Waals surface area contributed by atoms with Gasteiger partial charge in [0.1, 0.15) is 0 Å². The fourth-order valence-corrected chi connectivity index (χ4v) is 6.27. The third-order valence-electron chi connectivity index (χ3n) is 8.64. The van der Waals surface area contributed by atoms with Gasteiger partial charge in [-0.15, -0.1) is 0 Å². The van der Waals surface area contributed by atoms with Gasteiger partial charge in [-0.3, -0.25) is 0 Å². The number of hydrogen-bond acceptors (Lipinski definition) is 1. The van der Waals surface area contributed by atoms with Crippen molar-refractivity contribution in [1.29, 1.82) is 0 Å². The lowest BCUT2D eigenvalue weighted by Crippen LogP contribution is -2.03. The third kappa shape index (κ3) is 6.59. The zero-order valence-electron chi connectivity index (χ0n) is 26.2. The molecule has 0 amide bonds. The Morgan fingerprint density at radius 3 is 1.67 bits per heavy atom. The predicted molar refractivity (Wildman–Crippen MR) is 185 cm³/mol. The van der Waals surface area contributed by atoms with Crippen LogP contribution in [0, 0.1) is 12.8 Å². The molecule has 0 saturated carbocycles. The number of rotatable bonds is 11. The van der Waals surface area contributed by atoms with Crippen molar-refractivity contribution < 1.29 is 0 Å². The molecule has 0 spiro atoms. The lowest BCUT2D eigenvalue weighted by atomic mass is 10.00. The lowest BCUT2D eigenvalue weighted by molar-refractivity contribution is 0.545. The molecule has 0 bridgehead atoms. The average molecular weight is 565 g/mol. The molecule has 0 aliphatic heterocycles. The molecule has 43 heavy (non-hydrogen) atoms. The van der Waals surface area contributed by atoms with Crippen LogP contribution in [-0.2, 0) is 25.8 Å². The summed E-state index contributed by atoms with van der Waals surface area (Å²) in [7, 11) is 0. The van der Waals surface area contributed by atoms with E-state index in [1.807, 2.05) is 0 Å². The first kappa shape index (κ1) is 28.9. The summed E-state index contributed by atoms with van der Waals surface area (Å²) in [5.74, 6) is 0.609. The molecule has 0 N–H and O–H groups in total. The van der Waals surface area contributed by atoms with Gasteiger partial charge < -0.3 is 4.57 Å². The summed E-state index contributed by atoms with van der Waals surface area (Å²) in [5.41, 5.74) is 12.7. The smallest absolute Gasteiger partial charge is 0.0709 e. The minimum absolute atomic E-state index is 0.609. The minimum Gasteiger partial charge on any atom is -0.340 e.